The SMILES string of the molecule is Cc1cc(C(=O)Nc2ccc(F)c(F)c2)c(C)s1. The van der Waals surface area contributed by atoms with Crippen LogP contribution in [0.5, 0.6) is 0 Å². The highest BCUT2D eigenvalue weighted by Gasteiger charge is 2.12. The van der Waals surface area contributed by atoms with E-state index in [2.05, 4.69) is 5.32 Å². The van der Waals surface area contributed by atoms with Gasteiger partial charge in [-0.15, -0.1) is 11.3 Å². The molecule has 0 unspecified atom stereocenters. The lowest BCUT2D eigenvalue weighted by atomic mass is 10.2. The summed E-state index contributed by atoms with van der Waals surface area (Å²) in [5.74, 6) is -2.23. The number of hydrogen-bond donors (Lipinski definition) is 1. The van der Waals surface area contributed by atoms with Crippen molar-refractivity contribution in [1.82, 2.24) is 0 Å². The summed E-state index contributed by atoms with van der Waals surface area (Å²) in [5.41, 5.74) is 0.796. The number of thiophene rings is 1. The van der Waals surface area contributed by atoms with Crippen LogP contribution in [0.15, 0.2) is 24.3 Å². The number of anilines is 1. The van der Waals surface area contributed by atoms with Crippen LogP contribution in [0.4, 0.5) is 14.5 Å². The minimum Gasteiger partial charge on any atom is -0.322 e. The van der Waals surface area contributed by atoms with Crippen molar-refractivity contribution in [2.45, 2.75) is 13.8 Å². The molecule has 2 nitrogen and oxygen atoms in total. The number of amides is 1. The molecule has 1 aromatic carbocycles. The molecular weight excluding hydrogens is 256 g/mol. The molecule has 0 saturated carbocycles. The first-order valence-electron chi connectivity index (χ1n) is 5.31. The van der Waals surface area contributed by atoms with E-state index < -0.39 is 11.6 Å². The van der Waals surface area contributed by atoms with Gasteiger partial charge in [0.05, 0.1) is 5.56 Å². The highest BCUT2D eigenvalue weighted by Crippen LogP contribution is 2.22. The second kappa shape index (κ2) is 4.86. The lowest BCUT2D eigenvalue weighted by molar-refractivity contribution is 0.102. The van der Waals surface area contributed by atoms with Crippen LogP contribution >= 0.6 is 11.3 Å². The Bertz CT molecular complexity index is 607. The zero-order valence-corrected chi connectivity index (χ0v) is 10.7. The predicted octanol–water partition coefficient (Wildman–Crippen LogP) is 3.90. The Kier molecular flexibility index (Phi) is 3.43. The third-order valence-corrected chi connectivity index (χ3v) is 3.43. The van der Waals surface area contributed by atoms with Gasteiger partial charge >= 0.3 is 0 Å². The molecule has 0 radical (unpaired) electrons. The van der Waals surface area contributed by atoms with Gasteiger partial charge in [0.2, 0.25) is 0 Å². The van der Waals surface area contributed by atoms with Gasteiger partial charge in [-0.1, -0.05) is 0 Å². The smallest absolute Gasteiger partial charge is 0.256 e. The molecule has 0 bridgehead atoms. The summed E-state index contributed by atoms with van der Waals surface area (Å²) >= 11 is 1.52. The third-order valence-electron chi connectivity index (χ3n) is 2.46. The highest BCUT2D eigenvalue weighted by molar-refractivity contribution is 7.12. The van der Waals surface area contributed by atoms with Gasteiger partial charge in [0.1, 0.15) is 0 Å². The van der Waals surface area contributed by atoms with Crippen molar-refractivity contribution >= 4 is 22.9 Å². The van der Waals surface area contributed by atoms with Crippen LogP contribution in [0.3, 0.4) is 0 Å². The van der Waals surface area contributed by atoms with E-state index in [1.54, 1.807) is 6.07 Å². The molecule has 2 rings (SSSR count). The van der Waals surface area contributed by atoms with Crippen molar-refractivity contribution in [3.05, 3.63) is 51.2 Å². The fraction of sp³-hybridized carbons (Fsp3) is 0.154. The standard InChI is InChI=1S/C13H11F2NOS/c1-7-5-10(8(2)18-7)13(17)16-9-3-4-11(14)12(15)6-9/h3-6H,1-2H3,(H,16,17). The number of benzene rings is 1. The topological polar surface area (TPSA) is 29.1 Å². The molecule has 0 aliphatic carbocycles. The van der Waals surface area contributed by atoms with Gasteiger partial charge in [-0.25, -0.2) is 8.78 Å². The molecule has 1 amide bonds. The third kappa shape index (κ3) is 2.56. The molecule has 1 N–H and O–H groups in total. The molecule has 0 saturated heterocycles. The Hall–Kier alpha value is -1.75. The van der Waals surface area contributed by atoms with Crippen LogP contribution in [-0.4, -0.2) is 5.91 Å². The summed E-state index contributed by atoms with van der Waals surface area (Å²) in [6.07, 6.45) is 0. The van der Waals surface area contributed by atoms with E-state index in [0.29, 0.717) is 5.56 Å². The van der Waals surface area contributed by atoms with Gasteiger partial charge < -0.3 is 5.32 Å². The van der Waals surface area contributed by atoms with E-state index in [0.717, 1.165) is 21.9 Å². The van der Waals surface area contributed by atoms with Gasteiger partial charge in [-0.2, -0.15) is 0 Å². The molecule has 0 spiro atoms. The van der Waals surface area contributed by atoms with E-state index >= 15 is 0 Å². The number of carbonyl (C=O) groups is 1. The molecule has 2 aromatic rings. The van der Waals surface area contributed by atoms with Gasteiger partial charge in [0.15, 0.2) is 11.6 Å². The van der Waals surface area contributed by atoms with Crippen LogP contribution in [0.1, 0.15) is 20.1 Å². The lowest BCUT2D eigenvalue weighted by Gasteiger charge is -2.05. The zero-order chi connectivity index (χ0) is 13.3. The fourth-order valence-corrected chi connectivity index (χ4v) is 2.55. The van der Waals surface area contributed by atoms with Gasteiger partial charge in [0, 0.05) is 21.5 Å². The lowest BCUT2D eigenvalue weighted by Crippen LogP contribution is -2.12. The molecule has 18 heavy (non-hydrogen) atoms. The molecule has 1 heterocycles. The quantitative estimate of drug-likeness (QED) is 0.878. The monoisotopic (exact) mass is 267 g/mol. The van der Waals surface area contributed by atoms with Crippen molar-refractivity contribution in [2.75, 3.05) is 5.32 Å². The Morgan fingerprint density at radius 3 is 2.44 bits per heavy atom. The van der Waals surface area contributed by atoms with E-state index in [-0.39, 0.29) is 11.6 Å². The van der Waals surface area contributed by atoms with Crippen LogP contribution < -0.4 is 5.32 Å². The molecule has 5 heteroatoms. The number of rotatable bonds is 2. The van der Waals surface area contributed by atoms with Crippen LogP contribution in [0.2, 0.25) is 0 Å². The Balaban J connectivity index is 2.21. The zero-order valence-electron chi connectivity index (χ0n) is 9.88. The fourth-order valence-electron chi connectivity index (χ4n) is 1.63. The summed E-state index contributed by atoms with van der Waals surface area (Å²) in [6.45, 7) is 3.75. The summed E-state index contributed by atoms with van der Waals surface area (Å²) in [6, 6.07) is 5.04. The Labute approximate surface area is 107 Å². The van der Waals surface area contributed by atoms with Gasteiger partial charge in [0.25, 0.3) is 5.91 Å². The average Bonchev–Trinajstić information content (AvgIpc) is 2.63. The first kappa shape index (κ1) is 12.7. The van der Waals surface area contributed by atoms with Crippen molar-refractivity contribution in [2.24, 2.45) is 0 Å². The highest BCUT2D eigenvalue weighted by atomic mass is 32.1. The number of halogens is 2. The van der Waals surface area contributed by atoms with Crippen molar-refractivity contribution < 1.29 is 13.6 Å². The molecule has 0 atom stereocenters. The number of aryl methyl sites for hydroxylation is 2. The Morgan fingerprint density at radius 1 is 1.17 bits per heavy atom. The minimum absolute atomic E-state index is 0.238. The van der Waals surface area contributed by atoms with Crippen LogP contribution in [0, 0.1) is 25.5 Å². The molecule has 94 valence electrons. The first-order valence-corrected chi connectivity index (χ1v) is 6.12. The molecule has 0 aliphatic heterocycles. The van der Waals surface area contributed by atoms with Crippen LogP contribution in [0.25, 0.3) is 0 Å². The molecular formula is C13H11F2NOS. The number of carbonyl (C=O) groups excluding carboxylic acids is 1. The van der Waals surface area contributed by atoms with E-state index in [9.17, 15) is 13.6 Å². The maximum atomic E-state index is 13.0. The normalized spacial score (nSPS) is 10.4. The van der Waals surface area contributed by atoms with Crippen molar-refractivity contribution in [3.63, 3.8) is 0 Å². The second-order valence-corrected chi connectivity index (χ2v) is 5.37. The molecule has 0 fully saturated rings. The van der Waals surface area contributed by atoms with Crippen LogP contribution in [-0.2, 0) is 0 Å². The second-order valence-electron chi connectivity index (χ2n) is 3.91. The maximum Gasteiger partial charge on any atom is 0.256 e. The maximum absolute atomic E-state index is 13.0. The summed E-state index contributed by atoms with van der Waals surface area (Å²) < 4.78 is 25.7. The summed E-state index contributed by atoms with van der Waals surface area (Å²) in [7, 11) is 0. The average molecular weight is 267 g/mol. The first-order chi connectivity index (χ1) is 8.47. The van der Waals surface area contributed by atoms with Gasteiger partial charge in [-0.05, 0) is 32.0 Å². The summed E-state index contributed by atoms with van der Waals surface area (Å²) in [5, 5.41) is 2.54. The van der Waals surface area contributed by atoms with Crippen molar-refractivity contribution in [1.29, 1.82) is 0 Å². The summed E-state index contributed by atoms with van der Waals surface area (Å²) in [4.78, 5) is 13.9. The number of hydrogen-bond acceptors (Lipinski definition) is 2. The number of nitrogens with one attached hydrogen (secondary N) is 1. The van der Waals surface area contributed by atoms with Crippen molar-refractivity contribution in [3.8, 4) is 0 Å². The molecule has 1 aromatic heterocycles. The largest absolute Gasteiger partial charge is 0.322 e. The minimum atomic E-state index is -0.981. The Morgan fingerprint density at radius 2 is 1.89 bits per heavy atom. The van der Waals surface area contributed by atoms with Gasteiger partial charge in [-0.3, -0.25) is 4.79 Å². The molecule has 0 aliphatic rings. The van der Waals surface area contributed by atoms with E-state index in [4.69, 9.17) is 0 Å². The van der Waals surface area contributed by atoms with E-state index in [1.165, 1.54) is 17.4 Å². The predicted molar refractivity (Wildman–Crippen MR) is 68.1 cm³/mol. The van der Waals surface area contributed by atoms with E-state index in [1.807, 2.05) is 13.8 Å².